The number of hydrogen-bond donors (Lipinski definition) is 3. The van der Waals surface area contributed by atoms with Gasteiger partial charge in [-0.15, -0.1) is 0 Å². The molecular formula is C8H10N6O2. The number of nitrogens with zero attached hydrogens (tertiary/aromatic N) is 3. The number of nitrogen functional groups attached to an aromatic ring is 1. The van der Waals surface area contributed by atoms with Crippen LogP contribution in [-0.4, -0.2) is 26.2 Å². The number of aryl methyl sites for hydroxylation is 2. The van der Waals surface area contributed by atoms with E-state index in [-0.39, 0.29) is 11.7 Å². The topological polar surface area (TPSA) is 123 Å². The second-order valence-corrected chi connectivity index (χ2v) is 3.21. The maximum Gasteiger partial charge on any atom is 0.328 e. The van der Waals surface area contributed by atoms with Crippen molar-refractivity contribution >= 4 is 17.6 Å². The summed E-state index contributed by atoms with van der Waals surface area (Å²) in [4.78, 5) is 15.5. The van der Waals surface area contributed by atoms with Crippen molar-refractivity contribution in [1.29, 1.82) is 0 Å². The third kappa shape index (κ3) is 1.72. The van der Waals surface area contributed by atoms with Crippen LogP contribution < -0.4 is 11.1 Å². The number of hydrogen-bond acceptors (Lipinski definition) is 6. The largest absolute Gasteiger partial charge is 0.395 e. The Morgan fingerprint density at radius 3 is 2.75 bits per heavy atom. The summed E-state index contributed by atoms with van der Waals surface area (Å²) in [5.74, 6) is -0.0630. The molecule has 4 N–H and O–H groups in total. The van der Waals surface area contributed by atoms with Crippen LogP contribution in [0, 0.1) is 13.8 Å². The Balaban J connectivity index is 2.18. The first-order valence-corrected chi connectivity index (χ1v) is 4.50. The molecule has 1 amide bonds. The number of amides is 1. The molecule has 2 aromatic heterocycles. The van der Waals surface area contributed by atoms with E-state index in [1.165, 1.54) is 0 Å². The van der Waals surface area contributed by atoms with E-state index in [1.807, 2.05) is 0 Å². The Bertz CT molecular complexity index is 528. The summed E-state index contributed by atoms with van der Waals surface area (Å²) in [6.07, 6.45) is 0. The molecule has 0 radical (unpaired) electrons. The van der Waals surface area contributed by atoms with Crippen LogP contribution in [0.1, 0.15) is 22.0 Å². The molecule has 16 heavy (non-hydrogen) atoms. The second kappa shape index (κ2) is 3.65. The van der Waals surface area contributed by atoms with Crippen LogP contribution in [-0.2, 0) is 0 Å². The zero-order valence-electron chi connectivity index (χ0n) is 8.74. The van der Waals surface area contributed by atoms with Crippen molar-refractivity contribution in [3.05, 3.63) is 17.2 Å². The average Bonchev–Trinajstić information content (AvgIpc) is 2.76. The minimum atomic E-state index is -0.495. The Morgan fingerprint density at radius 1 is 1.50 bits per heavy atom. The van der Waals surface area contributed by atoms with Crippen LogP contribution in [0.4, 0.5) is 11.7 Å². The third-order valence-electron chi connectivity index (χ3n) is 1.96. The molecule has 8 heteroatoms. The predicted octanol–water partition coefficient (Wildman–Crippen LogP) is 0.244. The van der Waals surface area contributed by atoms with E-state index in [4.69, 9.17) is 10.3 Å². The highest BCUT2D eigenvalue weighted by atomic mass is 16.5. The van der Waals surface area contributed by atoms with Gasteiger partial charge < -0.3 is 10.3 Å². The molecule has 0 saturated carbocycles. The lowest BCUT2D eigenvalue weighted by Gasteiger charge is -1.96. The van der Waals surface area contributed by atoms with Crippen LogP contribution in [0.3, 0.4) is 0 Å². The van der Waals surface area contributed by atoms with Gasteiger partial charge in [0.15, 0.2) is 11.5 Å². The first-order valence-electron chi connectivity index (χ1n) is 4.50. The molecule has 0 aromatic carbocycles. The molecule has 0 fully saturated rings. The molecule has 0 aliphatic carbocycles. The maximum atomic E-state index is 11.7. The molecule has 0 aliphatic heterocycles. The monoisotopic (exact) mass is 222 g/mol. The van der Waals surface area contributed by atoms with Gasteiger partial charge in [0, 0.05) is 0 Å². The maximum absolute atomic E-state index is 11.7. The molecule has 8 nitrogen and oxygen atoms in total. The highest BCUT2D eigenvalue weighted by Crippen LogP contribution is 2.14. The van der Waals surface area contributed by atoms with Crippen LogP contribution in [0.15, 0.2) is 4.52 Å². The number of rotatable bonds is 2. The number of anilines is 2. The van der Waals surface area contributed by atoms with Gasteiger partial charge in [-0.1, -0.05) is 5.16 Å². The summed E-state index contributed by atoms with van der Waals surface area (Å²) in [5.41, 5.74) is 6.68. The molecule has 0 atom stereocenters. The van der Waals surface area contributed by atoms with Crippen molar-refractivity contribution in [2.45, 2.75) is 13.8 Å². The van der Waals surface area contributed by atoms with Gasteiger partial charge in [0.05, 0.1) is 11.4 Å². The number of H-pyrrole nitrogens is 1. The van der Waals surface area contributed by atoms with Crippen molar-refractivity contribution in [1.82, 2.24) is 20.3 Å². The predicted molar refractivity (Wildman–Crippen MR) is 54.7 cm³/mol. The molecule has 0 spiro atoms. The lowest BCUT2D eigenvalue weighted by Crippen LogP contribution is -2.14. The van der Waals surface area contributed by atoms with E-state index in [0.29, 0.717) is 17.2 Å². The zero-order chi connectivity index (χ0) is 11.7. The molecule has 0 saturated heterocycles. The molecule has 0 bridgehead atoms. The summed E-state index contributed by atoms with van der Waals surface area (Å²) < 4.78 is 4.73. The van der Waals surface area contributed by atoms with Gasteiger partial charge in [-0.2, -0.15) is 10.1 Å². The second-order valence-electron chi connectivity index (χ2n) is 3.21. The van der Waals surface area contributed by atoms with E-state index < -0.39 is 5.91 Å². The number of nitrogens with one attached hydrogen (secondary N) is 2. The number of carbonyl (C=O) groups is 1. The fourth-order valence-corrected chi connectivity index (χ4v) is 1.12. The summed E-state index contributed by atoms with van der Waals surface area (Å²) in [7, 11) is 0. The van der Waals surface area contributed by atoms with E-state index in [1.54, 1.807) is 13.8 Å². The lowest BCUT2D eigenvalue weighted by molar-refractivity contribution is 0.101. The quantitative estimate of drug-likeness (QED) is 0.669. The van der Waals surface area contributed by atoms with E-state index in [0.717, 1.165) is 0 Å². The number of aromatic nitrogens is 4. The Kier molecular flexibility index (Phi) is 2.31. The standard InChI is InChI=1S/C8H10N6O2/c1-3-5(9)6(13-12-3)7(15)11-8-10-4(2)14-16-8/h9H2,1-2H3,(H,12,13)(H,10,11,14,15). The molecule has 0 aliphatic rings. The third-order valence-corrected chi connectivity index (χ3v) is 1.96. The van der Waals surface area contributed by atoms with Crippen molar-refractivity contribution in [3.63, 3.8) is 0 Å². The highest BCUT2D eigenvalue weighted by Gasteiger charge is 2.17. The van der Waals surface area contributed by atoms with Crippen molar-refractivity contribution in [3.8, 4) is 0 Å². The van der Waals surface area contributed by atoms with Crippen molar-refractivity contribution < 1.29 is 9.32 Å². The molecule has 2 aromatic rings. The number of nitrogens with two attached hydrogens (primary N) is 1. The molecule has 0 unspecified atom stereocenters. The van der Waals surface area contributed by atoms with Crippen LogP contribution in [0.5, 0.6) is 0 Å². The van der Waals surface area contributed by atoms with Crippen LogP contribution in [0.2, 0.25) is 0 Å². The average molecular weight is 222 g/mol. The van der Waals surface area contributed by atoms with E-state index >= 15 is 0 Å². The molecular weight excluding hydrogens is 212 g/mol. The number of carbonyl (C=O) groups excluding carboxylic acids is 1. The summed E-state index contributed by atoms with van der Waals surface area (Å²) in [5, 5.41) is 12.3. The van der Waals surface area contributed by atoms with Gasteiger partial charge in [0.25, 0.3) is 5.91 Å². The van der Waals surface area contributed by atoms with Crippen molar-refractivity contribution in [2.75, 3.05) is 11.1 Å². The Morgan fingerprint density at radius 2 is 2.25 bits per heavy atom. The summed E-state index contributed by atoms with van der Waals surface area (Å²) in [6.45, 7) is 3.36. The fraction of sp³-hybridized carbons (Fsp3) is 0.250. The molecule has 2 heterocycles. The Hall–Kier alpha value is -2.38. The minimum Gasteiger partial charge on any atom is -0.395 e. The zero-order valence-corrected chi connectivity index (χ0v) is 8.74. The van der Waals surface area contributed by atoms with Crippen LogP contribution in [0.25, 0.3) is 0 Å². The van der Waals surface area contributed by atoms with Gasteiger partial charge in [0.1, 0.15) is 0 Å². The first kappa shape index (κ1) is 10.1. The lowest BCUT2D eigenvalue weighted by atomic mass is 10.3. The molecule has 84 valence electrons. The first-order chi connectivity index (χ1) is 7.58. The van der Waals surface area contributed by atoms with Gasteiger partial charge in [-0.05, 0) is 13.8 Å². The molecule has 2 rings (SSSR count). The normalized spacial score (nSPS) is 10.4. The van der Waals surface area contributed by atoms with Gasteiger partial charge in [-0.25, -0.2) is 0 Å². The fourth-order valence-electron chi connectivity index (χ4n) is 1.12. The highest BCUT2D eigenvalue weighted by molar-refractivity contribution is 6.05. The van der Waals surface area contributed by atoms with E-state index in [9.17, 15) is 4.79 Å². The van der Waals surface area contributed by atoms with Crippen molar-refractivity contribution in [2.24, 2.45) is 0 Å². The Labute approximate surface area is 90.2 Å². The summed E-state index contributed by atoms with van der Waals surface area (Å²) in [6, 6.07) is 0.0163. The van der Waals surface area contributed by atoms with Crippen LogP contribution >= 0.6 is 0 Å². The van der Waals surface area contributed by atoms with Gasteiger partial charge in [-0.3, -0.25) is 15.2 Å². The SMILES string of the molecule is Cc1noc(NC(=O)c2n[nH]c(C)c2N)n1. The smallest absolute Gasteiger partial charge is 0.328 e. The van der Waals surface area contributed by atoms with Gasteiger partial charge in [0.2, 0.25) is 0 Å². The number of aromatic amines is 1. The van der Waals surface area contributed by atoms with E-state index in [2.05, 4.69) is 25.7 Å². The summed E-state index contributed by atoms with van der Waals surface area (Å²) >= 11 is 0. The van der Waals surface area contributed by atoms with Gasteiger partial charge >= 0.3 is 6.01 Å². The minimum absolute atomic E-state index is 0.0163.